The molecule has 9 heteroatoms. The Morgan fingerprint density at radius 3 is 2.00 bits per heavy atom. The summed E-state index contributed by atoms with van der Waals surface area (Å²) in [6, 6.07) is 14.7. The molecule has 0 spiro atoms. The molecule has 0 saturated heterocycles. The maximum atomic E-state index is 13.4. The van der Waals surface area contributed by atoms with Gasteiger partial charge in [0.25, 0.3) is 0 Å². The Morgan fingerprint density at radius 2 is 1.38 bits per heavy atom. The third-order valence-electron chi connectivity index (χ3n) is 4.96. The molecule has 0 unspecified atom stereocenters. The van der Waals surface area contributed by atoms with Crippen LogP contribution in [0, 0.1) is 0 Å². The van der Waals surface area contributed by atoms with Crippen molar-refractivity contribution in [2.24, 2.45) is 0 Å². The van der Waals surface area contributed by atoms with Gasteiger partial charge in [0.1, 0.15) is 23.0 Å². The Bertz CT molecular complexity index is 1370. The Labute approximate surface area is 211 Å². The summed E-state index contributed by atoms with van der Waals surface area (Å²) < 4.78 is 60.4. The molecule has 0 aromatic heterocycles. The highest BCUT2D eigenvalue weighted by Crippen LogP contribution is 2.42. The van der Waals surface area contributed by atoms with Gasteiger partial charge in [0.2, 0.25) is 0 Å². The zero-order chi connectivity index (χ0) is 27.3. The molecule has 3 aromatic carbocycles. The molecule has 3 aromatic rings. The van der Waals surface area contributed by atoms with E-state index in [1.807, 2.05) is 0 Å². The lowest BCUT2D eigenvalue weighted by Gasteiger charge is -2.18. The number of benzene rings is 3. The second kappa shape index (κ2) is 11.0. The van der Waals surface area contributed by atoms with Gasteiger partial charge in [-0.1, -0.05) is 31.4 Å². The van der Waals surface area contributed by atoms with Crippen molar-refractivity contribution < 1.29 is 41.7 Å². The normalized spacial score (nSPS) is 10.9. The summed E-state index contributed by atoms with van der Waals surface area (Å²) in [5, 5.41) is 0. The highest BCUT2D eigenvalue weighted by Gasteiger charge is 2.33. The van der Waals surface area contributed by atoms with E-state index in [4.69, 9.17) is 14.2 Å². The number of ether oxygens (including phenoxy) is 4. The number of carbonyl (C=O) groups excluding carboxylic acids is 2. The van der Waals surface area contributed by atoms with Crippen LogP contribution in [0.4, 0.5) is 13.2 Å². The average molecular weight is 512 g/mol. The molecule has 0 bridgehead atoms. The highest BCUT2D eigenvalue weighted by molar-refractivity contribution is 5.91. The van der Waals surface area contributed by atoms with Crippen LogP contribution in [-0.4, -0.2) is 25.4 Å². The van der Waals surface area contributed by atoms with Gasteiger partial charge in [-0.05, 0) is 67.4 Å². The van der Waals surface area contributed by atoms with Crippen molar-refractivity contribution >= 4 is 11.9 Å². The summed E-state index contributed by atoms with van der Waals surface area (Å²) in [6.07, 6.45) is -5.01. The maximum absolute atomic E-state index is 13.4. The van der Waals surface area contributed by atoms with Crippen LogP contribution in [-0.2, 0) is 9.59 Å². The molecule has 0 fully saturated rings. The van der Waals surface area contributed by atoms with Gasteiger partial charge in [-0.15, -0.1) is 13.2 Å². The summed E-state index contributed by atoms with van der Waals surface area (Å²) in [5.41, 5.74) is 1.23. The largest absolute Gasteiger partial charge is 0.573 e. The number of carbonyl (C=O) groups is 2. The molecule has 0 saturated carbocycles. The first-order chi connectivity index (χ1) is 17.4. The van der Waals surface area contributed by atoms with Crippen LogP contribution in [0.25, 0.3) is 22.3 Å². The van der Waals surface area contributed by atoms with E-state index >= 15 is 0 Å². The minimum Gasteiger partial charge on any atom is -0.497 e. The van der Waals surface area contributed by atoms with Gasteiger partial charge in [0, 0.05) is 22.3 Å². The Morgan fingerprint density at radius 1 is 0.730 bits per heavy atom. The predicted molar refractivity (Wildman–Crippen MR) is 131 cm³/mol. The molecule has 3 rings (SSSR count). The van der Waals surface area contributed by atoms with E-state index in [0.29, 0.717) is 16.9 Å². The fraction of sp³-hybridized carbons (Fsp3) is 0.143. The maximum Gasteiger partial charge on any atom is 0.573 e. The lowest BCUT2D eigenvalue weighted by atomic mass is 9.98. The molecule has 0 radical (unpaired) electrons. The lowest BCUT2D eigenvalue weighted by Crippen LogP contribution is -2.18. The van der Waals surface area contributed by atoms with Crippen molar-refractivity contribution in [3.05, 3.63) is 85.0 Å². The summed E-state index contributed by atoms with van der Waals surface area (Å²) >= 11 is 0. The third-order valence-corrected chi connectivity index (χ3v) is 4.96. The van der Waals surface area contributed by atoms with Crippen molar-refractivity contribution in [2.75, 3.05) is 7.11 Å². The van der Waals surface area contributed by atoms with Gasteiger partial charge in [0.05, 0.1) is 7.11 Å². The van der Waals surface area contributed by atoms with Crippen LogP contribution in [0.3, 0.4) is 0 Å². The van der Waals surface area contributed by atoms with Crippen LogP contribution < -0.4 is 18.9 Å². The van der Waals surface area contributed by atoms with Crippen LogP contribution in [0.15, 0.2) is 85.0 Å². The summed E-state index contributed by atoms with van der Waals surface area (Å²) in [6.45, 7) is 9.98. The Balaban J connectivity index is 2.14. The van der Waals surface area contributed by atoms with Gasteiger partial charge in [-0.3, -0.25) is 0 Å². The topological polar surface area (TPSA) is 71.1 Å². The zero-order valence-corrected chi connectivity index (χ0v) is 20.3. The second-order valence-corrected chi connectivity index (χ2v) is 7.99. The third kappa shape index (κ3) is 7.00. The quantitative estimate of drug-likeness (QED) is 0.186. The summed E-state index contributed by atoms with van der Waals surface area (Å²) in [4.78, 5) is 24.0. The molecule has 0 N–H and O–H groups in total. The Kier molecular flexibility index (Phi) is 8.07. The number of hydrogen-bond donors (Lipinski definition) is 0. The monoisotopic (exact) mass is 512 g/mol. The van der Waals surface area contributed by atoms with Crippen LogP contribution in [0.2, 0.25) is 0 Å². The number of methoxy groups -OCH3 is 1. The van der Waals surface area contributed by atoms with E-state index in [0.717, 1.165) is 0 Å². The average Bonchev–Trinajstić information content (AvgIpc) is 2.83. The molecule has 192 valence electrons. The van der Waals surface area contributed by atoms with Crippen LogP contribution >= 0.6 is 0 Å². The highest BCUT2D eigenvalue weighted by atomic mass is 19.4. The molecule has 0 amide bonds. The summed E-state index contributed by atoms with van der Waals surface area (Å²) in [7, 11) is 1.39. The fourth-order valence-electron chi connectivity index (χ4n) is 3.19. The zero-order valence-electron chi connectivity index (χ0n) is 20.3. The molecule has 0 aliphatic carbocycles. The van der Waals surface area contributed by atoms with Crippen molar-refractivity contribution in [1.82, 2.24) is 0 Å². The smallest absolute Gasteiger partial charge is 0.497 e. The number of rotatable bonds is 8. The van der Waals surface area contributed by atoms with E-state index in [-0.39, 0.29) is 33.8 Å². The summed E-state index contributed by atoms with van der Waals surface area (Å²) in [5.74, 6) is -1.43. The van der Waals surface area contributed by atoms with E-state index in [9.17, 15) is 22.8 Å². The lowest BCUT2D eigenvalue weighted by molar-refractivity contribution is -0.274. The van der Waals surface area contributed by atoms with Crippen molar-refractivity contribution in [1.29, 1.82) is 0 Å². The Hall–Kier alpha value is -4.53. The van der Waals surface area contributed by atoms with Crippen molar-refractivity contribution in [3.8, 4) is 45.3 Å². The molecule has 0 aliphatic heterocycles. The van der Waals surface area contributed by atoms with Crippen molar-refractivity contribution in [3.63, 3.8) is 0 Å². The van der Waals surface area contributed by atoms with Gasteiger partial charge < -0.3 is 18.9 Å². The predicted octanol–water partition coefficient (Wildman–Crippen LogP) is 6.89. The molecule has 6 nitrogen and oxygen atoms in total. The standard InChI is InChI=1S/C28H23F3O6/c1-16(2)26(32)35-21-8-6-7-18(13-21)19-9-11-22(25(14-19)37-28(29,30)31)23-15-20(34-5)10-12-24(23)36-27(33)17(3)4/h6-15H,1,3H2,2,4-5H3. The first kappa shape index (κ1) is 27.1. The number of esters is 2. The SMILES string of the molecule is C=C(C)C(=O)Oc1cccc(-c2ccc(-c3cc(OC)ccc3OC(=O)C(=C)C)c(OC(F)(F)F)c2)c1. The van der Waals surface area contributed by atoms with Gasteiger partial charge >= 0.3 is 18.3 Å². The molecule has 0 heterocycles. The van der Waals surface area contributed by atoms with E-state index < -0.39 is 24.1 Å². The molecule has 37 heavy (non-hydrogen) atoms. The first-order valence-corrected chi connectivity index (χ1v) is 10.8. The van der Waals surface area contributed by atoms with Crippen molar-refractivity contribution in [2.45, 2.75) is 20.2 Å². The van der Waals surface area contributed by atoms with Gasteiger partial charge in [-0.25, -0.2) is 9.59 Å². The van der Waals surface area contributed by atoms with Gasteiger partial charge in [0.15, 0.2) is 0 Å². The molecule has 0 aliphatic rings. The fourth-order valence-corrected chi connectivity index (χ4v) is 3.19. The first-order valence-electron chi connectivity index (χ1n) is 10.8. The second-order valence-electron chi connectivity index (χ2n) is 7.99. The van der Waals surface area contributed by atoms with E-state index in [2.05, 4.69) is 17.9 Å². The van der Waals surface area contributed by atoms with Crippen LogP contribution in [0.1, 0.15) is 13.8 Å². The number of alkyl halides is 3. The van der Waals surface area contributed by atoms with Gasteiger partial charge in [-0.2, -0.15) is 0 Å². The molecular formula is C28H23F3O6. The number of hydrogen-bond acceptors (Lipinski definition) is 6. The molecular weight excluding hydrogens is 489 g/mol. The molecule has 0 atom stereocenters. The minimum absolute atomic E-state index is 0.00523. The van der Waals surface area contributed by atoms with E-state index in [1.165, 1.54) is 63.4 Å². The number of halogens is 3. The minimum atomic E-state index is -5.01. The van der Waals surface area contributed by atoms with Crippen LogP contribution in [0.5, 0.6) is 23.0 Å². The van der Waals surface area contributed by atoms with E-state index in [1.54, 1.807) is 18.2 Å².